The summed E-state index contributed by atoms with van der Waals surface area (Å²) in [5, 5.41) is 0. The van der Waals surface area contributed by atoms with Crippen molar-refractivity contribution in [1.29, 1.82) is 0 Å². The molecule has 0 nitrogen and oxygen atoms in total. The SMILES string of the molecule is CCCCC[Si](C)(C)/C=C/[Si](C)(C)C. The van der Waals surface area contributed by atoms with Gasteiger partial charge < -0.3 is 0 Å². The lowest BCUT2D eigenvalue weighted by atomic mass is 10.3. The molecule has 0 amide bonds. The summed E-state index contributed by atoms with van der Waals surface area (Å²) in [6, 6.07) is 1.47. The van der Waals surface area contributed by atoms with Crippen LogP contribution in [0.3, 0.4) is 0 Å². The maximum Gasteiger partial charge on any atom is 0.0708 e. The Bertz CT molecular complexity index is 175. The fourth-order valence-corrected chi connectivity index (χ4v) is 6.52. The summed E-state index contributed by atoms with van der Waals surface area (Å²) in [5.74, 6) is 0. The molecule has 0 aliphatic carbocycles. The summed E-state index contributed by atoms with van der Waals surface area (Å²) in [5.41, 5.74) is 5.14. The summed E-state index contributed by atoms with van der Waals surface area (Å²) < 4.78 is 0. The highest BCUT2D eigenvalue weighted by Crippen LogP contribution is 2.17. The minimum Gasteiger partial charge on any atom is -0.103 e. The Hall–Kier alpha value is 0.174. The van der Waals surface area contributed by atoms with Gasteiger partial charge >= 0.3 is 0 Å². The topological polar surface area (TPSA) is 0 Å². The fraction of sp³-hybridized carbons (Fsp3) is 0.833. The monoisotopic (exact) mass is 228 g/mol. The third kappa shape index (κ3) is 8.76. The van der Waals surface area contributed by atoms with E-state index >= 15 is 0 Å². The zero-order valence-electron chi connectivity index (χ0n) is 11.0. The molecule has 0 atom stereocenters. The lowest BCUT2D eigenvalue weighted by Gasteiger charge is -2.19. The standard InChI is InChI=1S/C12H28Si2/c1-7-8-9-10-14(5,6)12-11-13(2,3)4/h11-12H,7-10H2,1-6H3/b12-11+. The van der Waals surface area contributed by atoms with Gasteiger partial charge in [-0.05, 0) is 0 Å². The van der Waals surface area contributed by atoms with Gasteiger partial charge in [0.1, 0.15) is 0 Å². The summed E-state index contributed by atoms with van der Waals surface area (Å²) in [7, 11) is -1.96. The van der Waals surface area contributed by atoms with Crippen LogP contribution < -0.4 is 0 Å². The Labute approximate surface area is 92.8 Å². The molecular weight excluding hydrogens is 200 g/mol. The summed E-state index contributed by atoms with van der Waals surface area (Å²) in [6.07, 6.45) is 4.20. The molecule has 0 spiro atoms. The Balaban J connectivity index is 4.00. The molecule has 0 aromatic carbocycles. The van der Waals surface area contributed by atoms with Crippen molar-refractivity contribution in [3.05, 3.63) is 11.4 Å². The van der Waals surface area contributed by atoms with Crippen LogP contribution in [0.4, 0.5) is 0 Å². The molecule has 0 unspecified atom stereocenters. The zero-order valence-corrected chi connectivity index (χ0v) is 13.0. The van der Waals surface area contributed by atoms with E-state index in [1.54, 1.807) is 0 Å². The van der Waals surface area contributed by atoms with Gasteiger partial charge in [0.05, 0.1) is 16.1 Å². The van der Waals surface area contributed by atoms with Gasteiger partial charge in [-0.15, -0.1) is 11.4 Å². The van der Waals surface area contributed by atoms with E-state index in [4.69, 9.17) is 0 Å². The number of unbranched alkanes of at least 4 members (excludes halogenated alkanes) is 2. The number of hydrogen-bond donors (Lipinski definition) is 0. The van der Waals surface area contributed by atoms with Crippen LogP contribution in [0, 0.1) is 0 Å². The zero-order chi connectivity index (χ0) is 11.2. The molecule has 0 saturated heterocycles. The largest absolute Gasteiger partial charge is 0.103 e. The van der Waals surface area contributed by atoms with Crippen molar-refractivity contribution in [2.45, 2.75) is 65.0 Å². The highest BCUT2D eigenvalue weighted by atomic mass is 28.3. The van der Waals surface area contributed by atoms with Crippen LogP contribution in [0.5, 0.6) is 0 Å². The number of hydrogen-bond acceptors (Lipinski definition) is 0. The van der Waals surface area contributed by atoms with Gasteiger partial charge in [-0.2, -0.15) is 0 Å². The van der Waals surface area contributed by atoms with Crippen LogP contribution in [0.2, 0.25) is 38.8 Å². The lowest BCUT2D eigenvalue weighted by molar-refractivity contribution is 0.764. The van der Waals surface area contributed by atoms with E-state index in [0.717, 1.165) is 0 Å². The second-order valence-corrected chi connectivity index (χ2v) is 16.0. The Morgan fingerprint density at radius 2 is 1.43 bits per heavy atom. The highest BCUT2D eigenvalue weighted by Gasteiger charge is 2.17. The minimum atomic E-state index is -0.996. The van der Waals surface area contributed by atoms with Crippen molar-refractivity contribution in [1.82, 2.24) is 0 Å². The number of rotatable bonds is 6. The van der Waals surface area contributed by atoms with Gasteiger partial charge in [0.15, 0.2) is 0 Å². The lowest BCUT2D eigenvalue weighted by Crippen LogP contribution is -2.25. The third-order valence-corrected chi connectivity index (χ3v) is 6.67. The van der Waals surface area contributed by atoms with Crippen LogP contribution in [-0.4, -0.2) is 16.1 Å². The molecule has 14 heavy (non-hydrogen) atoms. The van der Waals surface area contributed by atoms with E-state index in [2.05, 4.69) is 51.1 Å². The molecular formula is C12H28Si2. The van der Waals surface area contributed by atoms with Gasteiger partial charge in [-0.25, -0.2) is 0 Å². The molecule has 0 aromatic heterocycles. The molecule has 0 N–H and O–H groups in total. The van der Waals surface area contributed by atoms with Gasteiger partial charge in [0.2, 0.25) is 0 Å². The van der Waals surface area contributed by atoms with E-state index in [1.165, 1.54) is 25.3 Å². The maximum atomic E-state index is 2.59. The van der Waals surface area contributed by atoms with Gasteiger partial charge in [-0.1, -0.05) is 65.0 Å². The second kappa shape index (κ2) is 5.91. The predicted octanol–water partition coefficient (Wildman–Crippen LogP) is 4.86. The third-order valence-electron chi connectivity index (χ3n) is 2.46. The average molecular weight is 229 g/mol. The highest BCUT2D eigenvalue weighted by molar-refractivity contribution is 6.86. The van der Waals surface area contributed by atoms with Crippen LogP contribution in [0.15, 0.2) is 11.4 Å². The van der Waals surface area contributed by atoms with Crippen molar-refractivity contribution in [2.24, 2.45) is 0 Å². The molecule has 2 heteroatoms. The molecule has 0 radical (unpaired) electrons. The molecule has 0 heterocycles. The van der Waals surface area contributed by atoms with E-state index in [1.807, 2.05) is 0 Å². The van der Waals surface area contributed by atoms with Crippen LogP contribution in [0.25, 0.3) is 0 Å². The van der Waals surface area contributed by atoms with Crippen molar-refractivity contribution >= 4 is 16.1 Å². The Kier molecular flexibility index (Phi) is 5.98. The van der Waals surface area contributed by atoms with E-state index < -0.39 is 16.1 Å². The van der Waals surface area contributed by atoms with Gasteiger partial charge in [0.25, 0.3) is 0 Å². The maximum absolute atomic E-state index is 2.59. The van der Waals surface area contributed by atoms with Gasteiger partial charge in [-0.3, -0.25) is 0 Å². The average Bonchev–Trinajstić information content (AvgIpc) is 2.00. The van der Waals surface area contributed by atoms with Crippen LogP contribution in [0.1, 0.15) is 26.2 Å². The van der Waals surface area contributed by atoms with E-state index in [0.29, 0.717) is 0 Å². The molecule has 84 valence electrons. The van der Waals surface area contributed by atoms with Gasteiger partial charge in [0, 0.05) is 0 Å². The minimum absolute atomic E-state index is 0.960. The predicted molar refractivity (Wildman–Crippen MR) is 74.3 cm³/mol. The molecule has 0 aliphatic rings. The molecule has 0 bridgehead atoms. The second-order valence-electron chi connectivity index (χ2n) is 6.15. The summed E-state index contributed by atoms with van der Waals surface area (Å²) in [4.78, 5) is 0. The molecule has 0 aromatic rings. The van der Waals surface area contributed by atoms with Crippen LogP contribution in [-0.2, 0) is 0 Å². The van der Waals surface area contributed by atoms with Crippen molar-refractivity contribution in [2.75, 3.05) is 0 Å². The van der Waals surface area contributed by atoms with E-state index in [-0.39, 0.29) is 0 Å². The Morgan fingerprint density at radius 3 is 1.86 bits per heavy atom. The first-order chi connectivity index (χ1) is 6.27. The molecule has 0 saturated carbocycles. The Morgan fingerprint density at radius 1 is 0.857 bits per heavy atom. The first-order valence-corrected chi connectivity index (χ1v) is 12.8. The molecule has 0 fully saturated rings. The normalized spacial score (nSPS) is 13.9. The van der Waals surface area contributed by atoms with Crippen molar-refractivity contribution < 1.29 is 0 Å². The van der Waals surface area contributed by atoms with Crippen molar-refractivity contribution in [3.8, 4) is 0 Å². The van der Waals surface area contributed by atoms with E-state index in [9.17, 15) is 0 Å². The molecule has 0 aliphatic heterocycles. The van der Waals surface area contributed by atoms with Crippen LogP contribution >= 0.6 is 0 Å². The summed E-state index contributed by atoms with van der Waals surface area (Å²) >= 11 is 0. The summed E-state index contributed by atoms with van der Waals surface area (Å²) in [6.45, 7) is 14.5. The van der Waals surface area contributed by atoms with Crippen molar-refractivity contribution in [3.63, 3.8) is 0 Å². The first-order valence-electron chi connectivity index (χ1n) is 5.97. The first kappa shape index (κ1) is 14.2. The molecule has 0 rings (SSSR count). The quantitative estimate of drug-likeness (QED) is 0.450. The smallest absolute Gasteiger partial charge is 0.0708 e. The fourth-order valence-electron chi connectivity index (χ4n) is 1.39.